The van der Waals surface area contributed by atoms with E-state index in [1.54, 1.807) is 13.0 Å². The standard InChI is InChI=1S/C7H14O3Si/c1-3-5-7(8)9-6-11-10-4-2/h3,5H,4,6,11H2,1-2H3. The van der Waals surface area contributed by atoms with Crippen LogP contribution in [0.25, 0.3) is 0 Å². The molecular weight excluding hydrogens is 160 g/mol. The fourth-order valence-corrected chi connectivity index (χ4v) is 1.22. The van der Waals surface area contributed by atoms with Crippen LogP contribution in [0, 0.1) is 0 Å². The molecule has 0 aromatic rings. The van der Waals surface area contributed by atoms with Gasteiger partial charge in [0.25, 0.3) is 0 Å². The number of esters is 1. The molecule has 0 atom stereocenters. The number of hydrogen-bond acceptors (Lipinski definition) is 3. The van der Waals surface area contributed by atoms with E-state index < -0.39 is 9.76 Å². The van der Waals surface area contributed by atoms with Crippen molar-refractivity contribution in [1.82, 2.24) is 0 Å². The summed E-state index contributed by atoms with van der Waals surface area (Å²) in [5.41, 5.74) is 0. The summed E-state index contributed by atoms with van der Waals surface area (Å²) in [5.74, 6) is -0.278. The van der Waals surface area contributed by atoms with Crippen LogP contribution in [0.15, 0.2) is 12.2 Å². The average molecular weight is 174 g/mol. The fraction of sp³-hybridized carbons (Fsp3) is 0.571. The van der Waals surface area contributed by atoms with Gasteiger partial charge in [-0.25, -0.2) is 4.79 Å². The van der Waals surface area contributed by atoms with Gasteiger partial charge in [0.05, 0.1) is 0 Å². The van der Waals surface area contributed by atoms with Gasteiger partial charge >= 0.3 is 5.97 Å². The predicted molar refractivity (Wildman–Crippen MR) is 45.9 cm³/mol. The van der Waals surface area contributed by atoms with Gasteiger partial charge in [-0.05, 0) is 13.8 Å². The molecular formula is C7H14O3Si. The van der Waals surface area contributed by atoms with Crippen molar-refractivity contribution in [3.8, 4) is 0 Å². The van der Waals surface area contributed by atoms with E-state index in [9.17, 15) is 4.79 Å². The minimum absolute atomic E-state index is 0.278. The molecule has 0 N–H and O–H groups in total. The van der Waals surface area contributed by atoms with Gasteiger partial charge in [-0.3, -0.25) is 0 Å². The molecule has 0 fully saturated rings. The van der Waals surface area contributed by atoms with Crippen LogP contribution in [-0.2, 0) is 14.0 Å². The molecule has 0 aliphatic carbocycles. The lowest BCUT2D eigenvalue weighted by molar-refractivity contribution is -0.136. The molecule has 0 amide bonds. The smallest absolute Gasteiger partial charge is 0.330 e. The summed E-state index contributed by atoms with van der Waals surface area (Å²) < 4.78 is 9.90. The molecule has 0 aliphatic heterocycles. The minimum Gasteiger partial charge on any atom is -0.464 e. The Labute approximate surface area is 69.3 Å². The normalized spacial score (nSPS) is 11.5. The van der Waals surface area contributed by atoms with Crippen LogP contribution in [0.2, 0.25) is 0 Å². The zero-order valence-corrected chi connectivity index (χ0v) is 8.41. The lowest BCUT2D eigenvalue weighted by atomic mass is 10.5. The number of rotatable bonds is 5. The van der Waals surface area contributed by atoms with E-state index in [0.717, 1.165) is 0 Å². The molecule has 0 spiro atoms. The zero-order chi connectivity index (χ0) is 8.53. The zero-order valence-electron chi connectivity index (χ0n) is 7.00. The van der Waals surface area contributed by atoms with Crippen LogP contribution in [0.5, 0.6) is 0 Å². The van der Waals surface area contributed by atoms with E-state index in [0.29, 0.717) is 12.8 Å². The first kappa shape index (κ1) is 10.4. The maximum Gasteiger partial charge on any atom is 0.330 e. The van der Waals surface area contributed by atoms with E-state index in [1.165, 1.54) is 6.08 Å². The van der Waals surface area contributed by atoms with E-state index >= 15 is 0 Å². The SMILES string of the molecule is CC=CC(=O)OC[SiH2]OCC. The molecule has 0 unspecified atom stereocenters. The number of carbonyl (C=O) groups excluding carboxylic acids is 1. The first-order chi connectivity index (χ1) is 5.31. The highest BCUT2D eigenvalue weighted by atomic mass is 28.2. The number of carbonyl (C=O) groups is 1. The Bertz CT molecular complexity index is 134. The van der Waals surface area contributed by atoms with Crippen LogP contribution in [0.1, 0.15) is 13.8 Å². The van der Waals surface area contributed by atoms with Crippen molar-refractivity contribution < 1.29 is 14.0 Å². The molecule has 0 heterocycles. The number of ether oxygens (including phenoxy) is 1. The monoisotopic (exact) mass is 174 g/mol. The molecule has 0 aromatic heterocycles. The second-order valence-electron chi connectivity index (χ2n) is 1.86. The molecule has 0 aromatic carbocycles. The molecule has 0 aliphatic rings. The van der Waals surface area contributed by atoms with Gasteiger partial charge in [0.1, 0.15) is 6.23 Å². The fourth-order valence-electron chi connectivity index (χ4n) is 0.530. The highest BCUT2D eigenvalue weighted by Gasteiger charge is 1.94. The lowest BCUT2D eigenvalue weighted by Crippen LogP contribution is -2.11. The van der Waals surface area contributed by atoms with Crippen molar-refractivity contribution in [2.24, 2.45) is 0 Å². The van der Waals surface area contributed by atoms with Gasteiger partial charge in [-0.15, -0.1) is 0 Å². The van der Waals surface area contributed by atoms with Crippen molar-refractivity contribution in [3.63, 3.8) is 0 Å². The second-order valence-corrected chi connectivity index (χ2v) is 3.09. The summed E-state index contributed by atoms with van der Waals surface area (Å²) in [6.45, 7) is 4.43. The minimum atomic E-state index is -0.625. The molecule has 11 heavy (non-hydrogen) atoms. The predicted octanol–water partition coefficient (Wildman–Crippen LogP) is 0.183. The Balaban J connectivity index is 3.17. The van der Waals surface area contributed by atoms with Crippen molar-refractivity contribution in [1.29, 1.82) is 0 Å². The maximum atomic E-state index is 10.7. The summed E-state index contributed by atoms with van der Waals surface area (Å²) in [6, 6.07) is 0. The van der Waals surface area contributed by atoms with Crippen LogP contribution < -0.4 is 0 Å². The third-order valence-electron chi connectivity index (χ3n) is 0.979. The maximum absolute atomic E-state index is 10.7. The quantitative estimate of drug-likeness (QED) is 0.258. The van der Waals surface area contributed by atoms with Crippen molar-refractivity contribution in [3.05, 3.63) is 12.2 Å². The van der Waals surface area contributed by atoms with E-state index in [-0.39, 0.29) is 5.97 Å². The van der Waals surface area contributed by atoms with Gasteiger partial charge in [0.15, 0.2) is 0 Å². The first-order valence-electron chi connectivity index (χ1n) is 3.68. The number of allylic oxidation sites excluding steroid dienone is 1. The van der Waals surface area contributed by atoms with Crippen molar-refractivity contribution in [2.75, 3.05) is 12.8 Å². The third kappa shape index (κ3) is 7.28. The topological polar surface area (TPSA) is 35.5 Å². The van der Waals surface area contributed by atoms with Gasteiger partial charge in [-0.2, -0.15) is 0 Å². The van der Waals surface area contributed by atoms with Gasteiger partial charge < -0.3 is 9.16 Å². The van der Waals surface area contributed by atoms with Gasteiger partial charge in [-0.1, -0.05) is 6.08 Å². The molecule has 0 saturated carbocycles. The average Bonchev–Trinajstić information content (AvgIpc) is 1.99. The third-order valence-corrected chi connectivity index (χ3v) is 2.05. The summed E-state index contributed by atoms with van der Waals surface area (Å²) in [7, 11) is -0.625. The Hall–Kier alpha value is -0.613. The van der Waals surface area contributed by atoms with Gasteiger partial charge in [0, 0.05) is 12.7 Å². The van der Waals surface area contributed by atoms with E-state index in [4.69, 9.17) is 9.16 Å². The summed E-state index contributed by atoms with van der Waals surface area (Å²) in [4.78, 5) is 10.7. The van der Waals surface area contributed by atoms with Crippen molar-refractivity contribution >= 4 is 15.7 Å². The highest BCUT2D eigenvalue weighted by Crippen LogP contribution is 1.80. The Morgan fingerprint density at radius 1 is 1.64 bits per heavy atom. The lowest BCUT2D eigenvalue weighted by Gasteiger charge is -2.00. The second kappa shape index (κ2) is 7.49. The van der Waals surface area contributed by atoms with Gasteiger partial charge in [0.2, 0.25) is 9.76 Å². The summed E-state index contributed by atoms with van der Waals surface area (Å²) >= 11 is 0. The summed E-state index contributed by atoms with van der Waals surface area (Å²) in [5, 5.41) is 0. The molecule has 0 bridgehead atoms. The number of hydrogen-bond donors (Lipinski definition) is 0. The molecule has 64 valence electrons. The van der Waals surface area contributed by atoms with Crippen LogP contribution >= 0.6 is 0 Å². The molecule has 4 heteroatoms. The van der Waals surface area contributed by atoms with Crippen molar-refractivity contribution in [2.45, 2.75) is 13.8 Å². The van der Waals surface area contributed by atoms with Crippen LogP contribution in [0.4, 0.5) is 0 Å². The van der Waals surface area contributed by atoms with Crippen LogP contribution in [0.3, 0.4) is 0 Å². The molecule has 3 nitrogen and oxygen atoms in total. The molecule has 0 radical (unpaired) electrons. The van der Waals surface area contributed by atoms with E-state index in [1.807, 2.05) is 6.92 Å². The Morgan fingerprint density at radius 3 is 2.91 bits per heavy atom. The summed E-state index contributed by atoms with van der Waals surface area (Å²) in [6.07, 6.45) is 3.53. The first-order valence-corrected chi connectivity index (χ1v) is 5.26. The Morgan fingerprint density at radius 2 is 2.36 bits per heavy atom. The van der Waals surface area contributed by atoms with Crippen LogP contribution in [-0.4, -0.2) is 28.6 Å². The molecule has 0 saturated heterocycles. The molecule has 0 rings (SSSR count). The Kier molecular flexibility index (Phi) is 7.08. The highest BCUT2D eigenvalue weighted by molar-refractivity contribution is 6.27. The largest absolute Gasteiger partial charge is 0.464 e. The van der Waals surface area contributed by atoms with E-state index in [2.05, 4.69) is 0 Å².